The molecular weight excluding hydrogens is 364 g/mol. The van der Waals surface area contributed by atoms with Gasteiger partial charge in [0.2, 0.25) is 0 Å². The van der Waals surface area contributed by atoms with E-state index in [9.17, 15) is 0 Å². The average Bonchev–Trinajstić information content (AvgIpc) is 2.76. The Morgan fingerprint density at radius 3 is 0.733 bits per heavy atom. The molecule has 0 rings (SSSR count). The van der Waals surface area contributed by atoms with Crippen LogP contribution in [-0.2, 0) is 0 Å². The van der Waals surface area contributed by atoms with Gasteiger partial charge in [-0.25, -0.2) is 0 Å². The van der Waals surface area contributed by atoms with Gasteiger partial charge in [0.05, 0.1) is 0 Å². The lowest BCUT2D eigenvalue weighted by molar-refractivity contribution is 0.282. The average molecular weight is 423 g/mol. The van der Waals surface area contributed by atoms with Crippen LogP contribution >= 0.6 is 0 Å². The molecule has 0 fully saturated rings. The van der Waals surface area contributed by atoms with E-state index in [2.05, 4.69) is 12.7 Å². The van der Waals surface area contributed by atoms with Crippen molar-refractivity contribution in [1.29, 1.82) is 0 Å². The molecule has 0 bridgehead atoms. The van der Waals surface area contributed by atoms with E-state index in [0.29, 0.717) is 6.61 Å². The minimum absolute atomic E-state index is 0.373. The van der Waals surface area contributed by atoms with Gasteiger partial charge in [0.15, 0.2) is 0 Å². The van der Waals surface area contributed by atoms with E-state index in [1.54, 1.807) is 0 Å². The topological polar surface area (TPSA) is 20.2 Å². The van der Waals surface area contributed by atoms with Gasteiger partial charge in [-0.3, -0.25) is 0 Å². The van der Waals surface area contributed by atoms with E-state index in [1.165, 1.54) is 161 Å². The lowest BCUT2D eigenvalue weighted by Gasteiger charge is -2.04. The number of hydrogen-bond donors (Lipinski definition) is 1. The molecule has 0 saturated carbocycles. The monoisotopic (exact) mass is 422 g/mol. The number of rotatable bonds is 27. The summed E-state index contributed by atoms with van der Waals surface area (Å²) in [5.41, 5.74) is 0. The highest BCUT2D eigenvalue weighted by atomic mass is 16.2. The molecule has 1 N–H and O–H groups in total. The Morgan fingerprint density at radius 2 is 0.533 bits per heavy atom. The molecule has 0 aromatic carbocycles. The van der Waals surface area contributed by atoms with E-state index in [0.717, 1.165) is 6.42 Å². The van der Waals surface area contributed by atoms with Crippen LogP contribution in [0, 0.1) is 0 Å². The molecule has 0 aromatic heterocycles. The van der Waals surface area contributed by atoms with Crippen LogP contribution in [-0.4, -0.2) is 11.7 Å². The molecule has 0 aliphatic carbocycles. The van der Waals surface area contributed by atoms with Crippen LogP contribution in [0.3, 0.4) is 0 Å². The Balaban J connectivity index is 2.98. The quantitative estimate of drug-likeness (QED) is 0.103. The molecule has 0 aliphatic rings. The number of allylic oxidation sites excluding steroid dienone is 1. The van der Waals surface area contributed by atoms with Crippen LogP contribution < -0.4 is 0 Å². The zero-order chi connectivity index (χ0) is 21.8. The van der Waals surface area contributed by atoms with Gasteiger partial charge in [0, 0.05) is 6.61 Å². The summed E-state index contributed by atoms with van der Waals surface area (Å²) >= 11 is 0. The minimum atomic E-state index is 0.373. The predicted molar refractivity (Wildman–Crippen MR) is 137 cm³/mol. The minimum Gasteiger partial charge on any atom is -0.396 e. The Bertz CT molecular complexity index is 299. The fourth-order valence-corrected chi connectivity index (χ4v) is 4.47. The van der Waals surface area contributed by atoms with Crippen LogP contribution in [0.15, 0.2) is 12.7 Å². The zero-order valence-electron chi connectivity index (χ0n) is 20.8. The Morgan fingerprint density at radius 1 is 0.333 bits per heavy atom. The second kappa shape index (κ2) is 28.7. The molecule has 1 heteroatoms. The summed E-state index contributed by atoms with van der Waals surface area (Å²) in [6, 6.07) is 0. The first-order valence-corrected chi connectivity index (χ1v) is 14.1. The third kappa shape index (κ3) is 27.7. The van der Waals surface area contributed by atoms with Gasteiger partial charge < -0.3 is 5.11 Å². The molecule has 0 saturated heterocycles. The van der Waals surface area contributed by atoms with Gasteiger partial charge in [0.1, 0.15) is 0 Å². The molecule has 180 valence electrons. The van der Waals surface area contributed by atoms with Crippen molar-refractivity contribution >= 4 is 0 Å². The van der Waals surface area contributed by atoms with Crippen molar-refractivity contribution in [3.05, 3.63) is 12.7 Å². The summed E-state index contributed by atoms with van der Waals surface area (Å²) in [6.07, 6.45) is 38.6. The molecule has 1 nitrogen and oxygen atoms in total. The Labute approximate surface area is 191 Å². The smallest absolute Gasteiger partial charge is 0.0431 e. The van der Waals surface area contributed by atoms with Gasteiger partial charge in [-0.1, -0.05) is 154 Å². The van der Waals surface area contributed by atoms with Crippen LogP contribution in [0.4, 0.5) is 0 Å². The predicted octanol–water partition coefficient (Wildman–Crippen LogP) is 10.3. The Hall–Kier alpha value is -0.300. The summed E-state index contributed by atoms with van der Waals surface area (Å²) in [4.78, 5) is 0. The Kier molecular flexibility index (Phi) is 28.4. The van der Waals surface area contributed by atoms with Crippen LogP contribution in [0.1, 0.15) is 167 Å². The van der Waals surface area contributed by atoms with Crippen molar-refractivity contribution < 1.29 is 5.11 Å². The normalized spacial score (nSPS) is 11.2. The maximum absolute atomic E-state index is 8.75. The number of unbranched alkanes of at least 4 members (excludes halogenated alkanes) is 25. The maximum Gasteiger partial charge on any atom is 0.0431 e. The van der Waals surface area contributed by atoms with Crippen molar-refractivity contribution in [2.75, 3.05) is 6.61 Å². The largest absolute Gasteiger partial charge is 0.396 e. The fraction of sp³-hybridized carbons (Fsp3) is 0.931. The molecule has 0 unspecified atom stereocenters. The van der Waals surface area contributed by atoms with Gasteiger partial charge in [-0.15, -0.1) is 6.58 Å². The SMILES string of the molecule is C=CCCCCCCCCCCCCCCCCCCCCCCCCCCCO. The lowest BCUT2D eigenvalue weighted by atomic mass is 10.0. The van der Waals surface area contributed by atoms with Crippen molar-refractivity contribution in [3.8, 4) is 0 Å². The van der Waals surface area contributed by atoms with Crippen molar-refractivity contribution in [2.45, 2.75) is 167 Å². The summed E-state index contributed by atoms with van der Waals surface area (Å²) < 4.78 is 0. The van der Waals surface area contributed by atoms with E-state index < -0.39 is 0 Å². The summed E-state index contributed by atoms with van der Waals surface area (Å²) in [5.74, 6) is 0. The number of aliphatic hydroxyl groups excluding tert-OH is 1. The van der Waals surface area contributed by atoms with Crippen molar-refractivity contribution in [2.24, 2.45) is 0 Å². The number of hydrogen-bond acceptors (Lipinski definition) is 1. The summed E-state index contributed by atoms with van der Waals surface area (Å²) in [6.45, 7) is 4.16. The maximum atomic E-state index is 8.75. The van der Waals surface area contributed by atoms with E-state index in [1.807, 2.05) is 0 Å². The molecule has 0 aromatic rings. The third-order valence-electron chi connectivity index (χ3n) is 6.57. The third-order valence-corrected chi connectivity index (χ3v) is 6.57. The highest BCUT2D eigenvalue weighted by molar-refractivity contribution is 4.65. The lowest BCUT2D eigenvalue weighted by Crippen LogP contribution is -1.85. The first-order chi connectivity index (χ1) is 14.9. The first-order valence-electron chi connectivity index (χ1n) is 14.1. The van der Waals surface area contributed by atoms with E-state index in [-0.39, 0.29) is 0 Å². The second-order valence-corrected chi connectivity index (χ2v) is 9.64. The highest BCUT2D eigenvalue weighted by Gasteiger charge is 1.96. The molecular formula is C29H58O. The van der Waals surface area contributed by atoms with Gasteiger partial charge >= 0.3 is 0 Å². The summed E-state index contributed by atoms with van der Waals surface area (Å²) in [5, 5.41) is 8.75. The first kappa shape index (κ1) is 29.7. The van der Waals surface area contributed by atoms with Crippen molar-refractivity contribution in [1.82, 2.24) is 0 Å². The van der Waals surface area contributed by atoms with Crippen LogP contribution in [0.25, 0.3) is 0 Å². The van der Waals surface area contributed by atoms with Gasteiger partial charge in [-0.05, 0) is 19.3 Å². The summed E-state index contributed by atoms with van der Waals surface area (Å²) in [7, 11) is 0. The van der Waals surface area contributed by atoms with Crippen LogP contribution in [0.2, 0.25) is 0 Å². The molecule has 30 heavy (non-hydrogen) atoms. The second-order valence-electron chi connectivity index (χ2n) is 9.64. The molecule has 0 aliphatic heterocycles. The van der Waals surface area contributed by atoms with Gasteiger partial charge in [0.25, 0.3) is 0 Å². The van der Waals surface area contributed by atoms with Gasteiger partial charge in [-0.2, -0.15) is 0 Å². The highest BCUT2D eigenvalue weighted by Crippen LogP contribution is 2.15. The fourth-order valence-electron chi connectivity index (χ4n) is 4.47. The molecule has 0 heterocycles. The van der Waals surface area contributed by atoms with E-state index >= 15 is 0 Å². The molecule has 0 amide bonds. The number of aliphatic hydroxyl groups is 1. The van der Waals surface area contributed by atoms with E-state index in [4.69, 9.17) is 5.11 Å². The zero-order valence-corrected chi connectivity index (χ0v) is 20.8. The standard InChI is InChI=1S/C29H58O/c1-2-3-4-5-6-7-8-9-10-11-12-13-14-15-16-17-18-19-20-21-22-23-24-25-26-27-28-29-30/h2,30H,1,3-29H2. The molecule has 0 radical (unpaired) electrons. The van der Waals surface area contributed by atoms with Crippen molar-refractivity contribution in [3.63, 3.8) is 0 Å². The molecule has 0 spiro atoms. The molecule has 0 atom stereocenters. The van der Waals surface area contributed by atoms with Crippen LogP contribution in [0.5, 0.6) is 0 Å².